The predicted octanol–water partition coefficient (Wildman–Crippen LogP) is 2.72. The molecule has 1 N–H and O–H groups in total. The minimum atomic E-state index is -4.53. The molecule has 0 spiro atoms. The third kappa shape index (κ3) is 3.15. The molecule has 0 radical (unpaired) electrons. The third-order valence-corrected chi connectivity index (χ3v) is 3.51. The molecule has 0 aromatic carbocycles. The van der Waals surface area contributed by atoms with Gasteiger partial charge in [0.1, 0.15) is 5.82 Å². The highest BCUT2D eigenvalue weighted by Gasteiger charge is 2.32. The van der Waals surface area contributed by atoms with Crippen LogP contribution < -0.4 is 0 Å². The van der Waals surface area contributed by atoms with E-state index in [1.807, 2.05) is 0 Å². The molecule has 5 nitrogen and oxygen atoms in total. The van der Waals surface area contributed by atoms with Crippen molar-refractivity contribution in [3.8, 4) is 0 Å². The second-order valence-corrected chi connectivity index (χ2v) is 5.16. The largest absolute Gasteiger partial charge is 0.481 e. The van der Waals surface area contributed by atoms with E-state index in [1.54, 1.807) is 0 Å². The van der Waals surface area contributed by atoms with Crippen LogP contribution in [0, 0.1) is 0 Å². The highest BCUT2D eigenvalue weighted by atomic mass is 35.5. The number of carbonyl (C=O) groups is 1. The van der Waals surface area contributed by atoms with Crippen molar-refractivity contribution in [3.63, 3.8) is 0 Å². The molecule has 20 heavy (non-hydrogen) atoms. The number of halogens is 4. The fourth-order valence-electron chi connectivity index (χ4n) is 1.48. The molecule has 2 heterocycles. The Bertz CT molecular complexity index is 659. The van der Waals surface area contributed by atoms with E-state index in [0.717, 1.165) is 28.4 Å². The monoisotopic (exact) mass is 325 g/mol. The van der Waals surface area contributed by atoms with Crippen LogP contribution in [0.4, 0.5) is 13.2 Å². The van der Waals surface area contributed by atoms with Gasteiger partial charge in [0.15, 0.2) is 5.65 Å². The molecule has 0 atom stereocenters. The standard InChI is InChI=1S/C10H7ClF3N3O2S/c11-6-1-5(10(12,13)14)2-17-7(15-16-9(6)17)3-20-4-8(18)19/h1-2H,3-4H2,(H,18,19). The molecule has 0 amide bonds. The Balaban J connectivity index is 2.37. The quantitative estimate of drug-likeness (QED) is 0.936. The van der Waals surface area contributed by atoms with E-state index < -0.39 is 17.7 Å². The Morgan fingerprint density at radius 2 is 2.15 bits per heavy atom. The van der Waals surface area contributed by atoms with Gasteiger partial charge in [-0.15, -0.1) is 22.0 Å². The fraction of sp³-hybridized carbons (Fsp3) is 0.300. The van der Waals surface area contributed by atoms with Crippen LogP contribution in [-0.4, -0.2) is 31.4 Å². The summed E-state index contributed by atoms with van der Waals surface area (Å²) < 4.78 is 39.2. The predicted molar refractivity (Wildman–Crippen MR) is 66.8 cm³/mol. The number of fused-ring (bicyclic) bond motifs is 1. The number of aromatic nitrogens is 3. The number of thioether (sulfide) groups is 1. The van der Waals surface area contributed by atoms with E-state index in [0.29, 0.717) is 0 Å². The van der Waals surface area contributed by atoms with Gasteiger partial charge in [0.05, 0.1) is 22.1 Å². The number of aliphatic carboxylic acids is 1. The van der Waals surface area contributed by atoms with E-state index in [9.17, 15) is 18.0 Å². The van der Waals surface area contributed by atoms with Gasteiger partial charge >= 0.3 is 12.1 Å². The van der Waals surface area contributed by atoms with Gasteiger partial charge in [0, 0.05) is 6.20 Å². The summed E-state index contributed by atoms with van der Waals surface area (Å²) in [7, 11) is 0. The van der Waals surface area contributed by atoms with E-state index >= 15 is 0 Å². The molecule has 0 aliphatic rings. The maximum absolute atomic E-state index is 12.7. The molecule has 2 rings (SSSR count). The highest BCUT2D eigenvalue weighted by molar-refractivity contribution is 7.99. The van der Waals surface area contributed by atoms with E-state index in [1.165, 1.54) is 0 Å². The fourth-order valence-corrected chi connectivity index (χ4v) is 2.39. The summed E-state index contributed by atoms with van der Waals surface area (Å²) in [6, 6.07) is 0.778. The lowest BCUT2D eigenvalue weighted by molar-refractivity contribution is -0.138. The zero-order chi connectivity index (χ0) is 14.9. The van der Waals surface area contributed by atoms with E-state index in [4.69, 9.17) is 16.7 Å². The first-order chi connectivity index (χ1) is 9.29. The first-order valence-electron chi connectivity index (χ1n) is 5.19. The van der Waals surface area contributed by atoms with Crippen molar-refractivity contribution in [3.05, 3.63) is 28.7 Å². The van der Waals surface area contributed by atoms with Crippen molar-refractivity contribution in [2.45, 2.75) is 11.9 Å². The van der Waals surface area contributed by atoms with Gasteiger partial charge in [-0.25, -0.2) is 0 Å². The van der Waals surface area contributed by atoms with Crippen LogP contribution in [0.15, 0.2) is 12.3 Å². The molecule has 0 saturated carbocycles. The average Bonchev–Trinajstić information content (AvgIpc) is 2.71. The van der Waals surface area contributed by atoms with Crippen molar-refractivity contribution < 1.29 is 23.1 Å². The summed E-state index contributed by atoms with van der Waals surface area (Å²) >= 11 is 6.75. The number of pyridine rings is 1. The molecule has 108 valence electrons. The van der Waals surface area contributed by atoms with Crippen LogP contribution in [0.5, 0.6) is 0 Å². The molecule has 10 heteroatoms. The molecule has 2 aromatic heterocycles. The lowest BCUT2D eigenvalue weighted by Crippen LogP contribution is -2.07. The number of hydrogen-bond acceptors (Lipinski definition) is 4. The van der Waals surface area contributed by atoms with Crippen LogP contribution in [0.1, 0.15) is 11.4 Å². The Morgan fingerprint density at radius 1 is 1.45 bits per heavy atom. The topological polar surface area (TPSA) is 67.5 Å². The van der Waals surface area contributed by atoms with Crippen LogP contribution in [0.25, 0.3) is 5.65 Å². The summed E-state index contributed by atoms with van der Waals surface area (Å²) in [4.78, 5) is 10.4. The van der Waals surface area contributed by atoms with Crippen molar-refractivity contribution in [2.24, 2.45) is 0 Å². The summed E-state index contributed by atoms with van der Waals surface area (Å²) in [6.07, 6.45) is -3.69. The molecule has 0 aliphatic carbocycles. The zero-order valence-electron chi connectivity index (χ0n) is 9.69. The second kappa shape index (κ2) is 5.49. The summed E-state index contributed by atoms with van der Waals surface area (Å²) in [5, 5.41) is 15.8. The maximum Gasteiger partial charge on any atom is 0.417 e. The molecular weight excluding hydrogens is 319 g/mol. The molecule has 0 bridgehead atoms. The SMILES string of the molecule is O=C(O)CSCc1nnc2c(Cl)cc(C(F)(F)F)cn12. The number of rotatable bonds is 4. The highest BCUT2D eigenvalue weighted by Crippen LogP contribution is 2.32. The molecular formula is C10H7ClF3N3O2S. The Morgan fingerprint density at radius 3 is 2.75 bits per heavy atom. The molecule has 0 aliphatic heterocycles. The normalized spacial score (nSPS) is 12.0. The van der Waals surface area contributed by atoms with Crippen LogP contribution in [0.2, 0.25) is 5.02 Å². The summed E-state index contributed by atoms with van der Waals surface area (Å²) in [6.45, 7) is 0. The smallest absolute Gasteiger partial charge is 0.417 e. The van der Waals surface area contributed by atoms with E-state index in [2.05, 4.69) is 10.2 Å². The van der Waals surface area contributed by atoms with Gasteiger partial charge in [0.25, 0.3) is 0 Å². The van der Waals surface area contributed by atoms with Gasteiger partial charge < -0.3 is 5.11 Å². The van der Waals surface area contributed by atoms with Crippen molar-refractivity contribution in [1.29, 1.82) is 0 Å². The number of nitrogens with zero attached hydrogens (tertiary/aromatic N) is 3. The van der Waals surface area contributed by atoms with Gasteiger partial charge in [-0.2, -0.15) is 13.2 Å². The maximum atomic E-state index is 12.7. The average molecular weight is 326 g/mol. The number of hydrogen-bond donors (Lipinski definition) is 1. The minimum Gasteiger partial charge on any atom is -0.481 e. The van der Waals surface area contributed by atoms with Crippen LogP contribution in [-0.2, 0) is 16.7 Å². The second-order valence-electron chi connectivity index (χ2n) is 3.77. The van der Waals surface area contributed by atoms with Crippen molar-refractivity contribution in [2.75, 3.05) is 5.75 Å². The third-order valence-electron chi connectivity index (χ3n) is 2.31. The van der Waals surface area contributed by atoms with E-state index in [-0.39, 0.29) is 28.0 Å². The summed E-state index contributed by atoms with van der Waals surface area (Å²) in [5.74, 6) is -0.871. The molecule has 2 aromatic rings. The Labute approximate surface area is 119 Å². The van der Waals surface area contributed by atoms with Gasteiger partial charge in [0.2, 0.25) is 0 Å². The summed E-state index contributed by atoms with van der Waals surface area (Å²) in [5.41, 5.74) is -0.815. The molecule has 0 fully saturated rings. The Kier molecular flexibility index (Phi) is 4.09. The first kappa shape index (κ1) is 14.9. The zero-order valence-corrected chi connectivity index (χ0v) is 11.3. The van der Waals surface area contributed by atoms with Gasteiger partial charge in [-0.05, 0) is 6.07 Å². The first-order valence-corrected chi connectivity index (χ1v) is 6.72. The van der Waals surface area contributed by atoms with Crippen LogP contribution >= 0.6 is 23.4 Å². The lowest BCUT2D eigenvalue weighted by Gasteiger charge is -2.08. The Hall–Kier alpha value is -1.48. The minimum absolute atomic E-state index is 0.102. The van der Waals surface area contributed by atoms with Crippen molar-refractivity contribution >= 4 is 35.0 Å². The van der Waals surface area contributed by atoms with Gasteiger partial charge in [-0.1, -0.05) is 11.6 Å². The lowest BCUT2D eigenvalue weighted by atomic mass is 10.3. The van der Waals surface area contributed by atoms with Gasteiger partial charge in [-0.3, -0.25) is 9.20 Å². The molecule has 0 saturated heterocycles. The van der Waals surface area contributed by atoms with Crippen molar-refractivity contribution in [1.82, 2.24) is 14.6 Å². The number of carboxylic acid groups (broad SMARTS) is 1. The molecule has 0 unspecified atom stereocenters. The number of carboxylic acids is 1. The van der Waals surface area contributed by atoms with Crippen LogP contribution in [0.3, 0.4) is 0 Å². The number of alkyl halides is 3.